The molecule has 0 spiro atoms. The van der Waals surface area contributed by atoms with E-state index in [4.69, 9.17) is 0 Å². The van der Waals surface area contributed by atoms with Crippen molar-refractivity contribution in [1.29, 1.82) is 0 Å². The molecule has 0 radical (unpaired) electrons. The SMILES string of the molecule is CSc1ccc(CF)c([N+](=O)[O-])c1. The van der Waals surface area contributed by atoms with Gasteiger partial charge in [-0.2, -0.15) is 0 Å². The summed E-state index contributed by atoms with van der Waals surface area (Å²) in [7, 11) is 0. The van der Waals surface area contributed by atoms with Crippen LogP contribution in [0.2, 0.25) is 0 Å². The molecule has 0 saturated heterocycles. The molecule has 0 fully saturated rings. The van der Waals surface area contributed by atoms with Crippen LogP contribution in [0.1, 0.15) is 5.56 Å². The first kappa shape index (κ1) is 9.98. The maximum atomic E-state index is 12.3. The van der Waals surface area contributed by atoms with E-state index in [1.807, 2.05) is 6.26 Å². The van der Waals surface area contributed by atoms with Gasteiger partial charge in [0.05, 0.1) is 10.5 Å². The third-order valence-electron chi connectivity index (χ3n) is 1.63. The van der Waals surface area contributed by atoms with Crippen molar-refractivity contribution < 1.29 is 9.31 Å². The molecule has 0 aliphatic carbocycles. The van der Waals surface area contributed by atoms with Gasteiger partial charge in [0.1, 0.15) is 6.67 Å². The van der Waals surface area contributed by atoms with E-state index < -0.39 is 11.6 Å². The summed E-state index contributed by atoms with van der Waals surface area (Å²) in [6.07, 6.45) is 1.81. The van der Waals surface area contributed by atoms with Crippen LogP contribution in [0, 0.1) is 10.1 Å². The Morgan fingerprint density at radius 3 is 2.77 bits per heavy atom. The molecule has 0 saturated carbocycles. The molecule has 1 rings (SSSR count). The highest BCUT2D eigenvalue weighted by molar-refractivity contribution is 7.98. The van der Waals surface area contributed by atoms with Gasteiger partial charge in [-0.1, -0.05) is 0 Å². The van der Waals surface area contributed by atoms with Gasteiger partial charge in [-0.15, -0.1) is 11.8 Å². The fourth-order valence-electron chi connectivity index (χ4n) is 0.954. The Kier molecular flexibility index (Phi) is 3.25. The third-order valence-corrected chi connectivity index (χ3v) is 2.36. The summed E-state index contributed by atoms with van der Waals surface area (Å²) in [6.45, 7) is -0.801. The van der Waals surface area contributed by atoms with Crippen molar-refractivity contribution in [3.8, 4) is 0 Å². The van der Waals surface area contributed by atoms with Gasteiger partial charge >= 0.3 is 0 Å². The monoisotopic (exact) mass is 201 g/mol. The van der Waals surface area contributed by atoms with Crippen molar-refractivity contribution in [2.45, 2.75) is 11.6 Å². The first-order valence-corrected chi connectivity index (χ1v) is 4.78. The minimum Gasteiger partial charge on any atom is -0.258 e. The number of rotatable bonds is 3. The summed E-state index contributed by atoms with van der Waals surface area (Å²) in [5, 5.41) is 10.5. The van der Waals surface area contributed by atoms with Crippen LogP contribution in [-0.2, 0) is 6.67 Å². The lowest BCUT2D eigenvalue weighted by Gasteiger charge is -2.00. The van der Waals surface area contributed by atoms with Crippen molar-refractivity contribution in [3.63, 3.8) is 0 Å². The number of hydrogen-bond acceptors (Lipinski definition) is 3. The molecule has 1 aromatic carbocycles. The van der Waals surface area contributed by atoms with E-state index in [2.05, 4.69) is 0 Å². The van der Waals surface area contributed by atoms with E-state index in [0.29, 0.717) is 0 Å². The molecule has 0 atom stereocenters. The number of nitro benzene ring substituents is 1. The van der Waals surface area contributed by atoms with Gasteiger partial charge in [0, 0.05) is 11.0 Å². The predicted molar refractivity (Wildman–Crippen MR) is 49.7 cm³/mol. The molecule has 0 bridgehead atoms. The molecule has 3 nitrogen and oxygen atoms in total. The first-order chi connectivity index (χ1) is 6.19. The quantitative estimate of drug-likeness (QED) is 0.429. The van der Waals surface area contributed by atoms with Gasteiger partial charge in [0.15, 0.2) is 0 Å². The molecule has 0 aliphatic heterocycles. The highest BCUT2D eigenvalue weighted by Crippen LogP contribution is 2.25. The van der Waals surface area contributed by atoms with Gasteiger partial charge in [-0.25, -0.2) is 4.39 Å². The summed E-state index contributed by atoms with van der Waals surface area (Å²) < 4.78 is 12.3. The molecule has 70 valence electrons. The summed E-state index contributed by atoms with van der Waals surface area (Å²) in [4.78, 5) is 10.7. The normalized spacial score (nSPS) is 10.0. The molecule has 0 unspecified atom stereocenters. The smallest absolute Gasteiger partial charge is 0.258 e. The summed E-state index contributed by atoms with van der Waals surface area (Å²) >= 11 is 1.39. The van der Waals surface area contributed by atoms with Gasteiger partial charge in [0.25, 0.3) is 5.69 Å². The highest BCUT2D eigenvalue weighted by atomic mass is 32.2. The van der Waals surface area contributed by atoms with Gasteiger partial charge < -0.3 is 0 Å². The number of nitro groups is 1. The first-order valence-electron chi connectivity index (χ1n) is 3.56. The van der Waals surface area contributed by atoms with E-state index >= 15 is 0 Å². The van der Waals surface area contributed by atoms with Crippen molar-refractivity contribution in [2.75, 3.05) is 6.26 Å². The zero-order chi connectivity index (χ0) is 9.84. The zero-order valence-corrected chi connectivity index (χ0v) is 7.81. The average Bonchev–Trinajstić information content (AvgIpc) is 2.16. The van der Waals surface area contributed by atoms with Crippen LogP contribution in [0.25, 0.3) is 0 Å². The maximum Gasteiger partial charge on any atom is 0.276 e. The zero-order valence-electron chi connectivity index (χ0n) is 6.99. The van der Waals surface area contributed by atoms with E-state index in [1.54, 1.807) is 6.07 Å². The van der Waals surface area contributed by atoms with E-state index in [9.17, 15) is 14.5 Å². The van der Waals surface area contributed by atoms with Crippen molar-refractivity contribution in [2.24, 2.45) is 0 Å². The Morgan fingerprint density at radius 1 is 1.62 bits per heavy atom. The minimum atomic E-state index is -0.801. The third kappa shape index (κ3) is 2.18. The number of alkyl halides is 1. The Bertz CT molecular complexity index is 330. The Balaban J connectivity index is 3.18. The number of hydrogen-bond donors (Lipinski definition) is 0. The number of nitrogens with zero attached hydrogens (tertiary/aromatic N) is 1. The average molecular weight is 201 g/mol. The molecule has 5 heteroatoms. The van der Waals surface area contributed by atoms with Crippen LogP contribution >= 0.6 is 11.8 Å². The molecule has 0 aliphatic rings. The van der Waals surface area contributed by atoms with Crippen LogP contribution in [0.4, 0.5) is 10.1 Å². The van der Waals surface area contributed by atoms with Crippen LogP contribution < -0.4 is 0 Å². The molecule has 0 aromatic heterocycles. The lowest BCUT2D eigenvalue weighted by molar-refractivity contribution is -0.385. The fraction of sp³-hybridized carbons (Fsp3) is 0.250. The topological polar surface area (TPSA) is 43.1 Å². The summed E-state index contributed by atoms with van der Waals surface area (Å²) in [5.74, 6) is 0. The summed E-state index contributed by atoms with van der Waals surface area (Å²) in [6, 6.07) is 4.51. The lowest BCUT2D eigenvalue weighted by Crippen LogP contribution is -1.93. The minimum absolute atomic E-state index is 0.128. The predicted octanol–water partition coefficient (Wildman–Crippen LogP) is 2.79. The van der Waals surface area contributed by atoms with Crippen molar-refractivity contribution in [1.82, 2.24) is 0 Å². The molecule has 1 aromatic rings. The van der Waals surface area contributed by atoms with Crippen LogP contribution in [0.3, 0.4) is 0 Å². The van der Waals surface area contributed by atoms with Crippen LogP contribution in [0.5, 0.6) is 0 Å². The van der Waals surface area contributed by atoms with Gasteiger partial charge in [-0.3, -0.25) is 10.1 Å². The Labute approximate surface area is 79.1 Å². The largest absolute Gasteiger partial charge is 0.276 e. The fourth-order valence-corrected chi connectivity index (χ4v) is 1.39. The maximum absolute atomic E-state index is 12.3. The second-order valence-electron chi connectivity index (χ2n) is 2.39. The molecular weight excluding hydrogens is 193 g/mol. The molecular formula is C8H8FNO2S. The van der Waals surface area contributed by atoms with Crippen LogP contribution in [-0.4, -0.2) is 11.2 Å². The molecule has 0 N–H and O–H groups in total. The van der Waals surface area contributed by atoms with Gasteiger partial charge in [-0.05, 0) is 18.4 Å². The standard InChI is InChI=1S/C8H8FNO2S/c1-13-7-3-2-6(5-9)8(4-7)10(11)12/h2-4H,5H2,1H3. The molecule has 13 heavy (non-hydrogen) atoms. The van der Waals surface area contributed by atoms with E-state index in [-0.39, 0.29) is 11.3 Å². The van der Waals surface area contributed by atoms with E-state index in [1.165, 1.54) is 23.9 Å². The second kappa shape index (κ2) is 4.23. The Hall–Kier alpha value is -1.10. The lowest BCUT2D eigenvalue weighted by atomic mass is 10.2. The number of thioether (sulfide) groups is 1. The second-order valence-corrected chi connectivity index (χ2v) is 3.27. The van der Waals surface area contributed by atoms with E-state index in [0.717, 1.165) is 4.90 Å². The highest BCUT2D eigenvalue weighted by Gasteiger charge is 2.13. The van der Waals surface area contributed by atoms with Gasteiger partial charge in [0.2, 0.25) is 0 Å². The van der Waals surface area contributed by atoms with Crippen LogP contribution in [0.15, 0.2) is 23.1 Å². The van der Waals surface area contributed by atoms with Crippen molar-refractivity contribution in [3.05, 3.63) is 33.9 Å². The molecule has 0 heterocycles. The number of benzene rings is 1. The Morgan fingerprint density at radius 2 is 2.31 bits per heavy atom. The number of halogens is 1. The molecule has 0 amide bonds. The summed E-state index contributed by atoms with van der Waals surface area (Å²) in [5.41, 5.74) is -0.0165. The van der Waals surface area contributed by atoms with Crippen molar-refractivity contribution >= 4 is 17.4 Å².